The van der Waals surface area contributed by atoms with Crippen molar-refractivity contribution in [3.63, 3.8) is 0 Å². The van der Waals surface area contributed by atoms with Crippen molar-refractivity contribution in [3.8, 4) is 5.75 Å². The molecule has 1 fully saturated rings. The fourth-order valence-corrected chi connectivity index (χ4v) is 2.58. The van der Waals surface area contributed by atoms with Crippen LogP contribution in [0.4, 0.5) is 0 Å². The van der Waals surface area contributed by atoms with Crippen molar-refractivity contribution in [1.29, 1.82) is 0 Å². The van der Waals surface area contributed by atoms with E-state index in [2.05, 4.69) is 5.32 Å². The van der Waals surface area contributed by atoms with E-state index in [1.807, 2.05) is 12.1 Å². The second-order valence-corrected chi connectivity index (χ2v) is 5.17. The Morgan fingerprint density at radius 1 is 1.56 bits per heavy atom. The lowest BCUT2D eigenvalue weighted by molar-refractivity contribution is -0.119. The largest absolute Gasteiger partial charge is 0.496 e. The average Bonchev–Trinajstić information content (AvgIpc) is 2.82. The summed E-state index contributed by atoms with van der Waals surface area (Å²) in [7, 11) is 1.61. The molecule has 1 aliphatic rings. The highest BCUT2D eigenvalue weighted by Gasteiger charge is 2.19. The third kappa shape index (κ3) is 3.47. The maximum atomic E-state index is 12.0. The number of carbonyl (C=O) groups is 1. The summed E-state index contributed by atoms with van der Waals surface area (Å²) < 4.78 is 5.25. The van der Waals surface area contributed by atoms with Gasteiger partial charge < -0.3 is 10.1 Å². The van der Waals surface area contributed by atoms with E-state index in [0.29, 0.717) is 23.8 Å². The van der Waals surface area contributed by atoms with Crippen molar-refractivity contribution in [1.82, 2.24) is 5.32 Å². The lowest BCUT2D eigenvalue weighted by atomic mass is 9.97. The van der Waals surface area contributed by atoms with Crippen molar-refractivity contribution >= 4 is 17.4 Å². The molecule has 0 aliphatic carbocycles. The van der Waals surface area contributed by atoms with Crippen molar-refractivity contribution < 1.29 is 9.53 Å². The van der Waals surface area contributed by atoms with Gasteiger partial charge in [0.05, 0.1) is 7.11 Å². The average molecular weight is 268 g/mol. The minimum atomic E-state index is 0.254. The molecule has 2 rings (SSSR count). The molecule has 1 N–H and O–H groups in total. The van der Waals surface area contributed by atoms with E-state index in [1.165, 1.54) is 0 Å². The van der Waals surface area contributed by atoms with Gasteiger partial charge in [-0.1, -0.05) is 11.6 Å². The van der Waals surface area contributed by atoms with Crippen LogP contribution in [0.2, 0.25) is 5.02 Å². The van der Waals surface area contributed by atoms with Crippen molar-refractivity contribution in [2.24, 2.45) is 5.92 Å². The number of Topliss-reactive ketones (excluding diaryl/α,β-unsaturated/α-hetero) is 1. The molecule has 0 bridgehead atoms. The molecular formula is C14H18ClNO2. The molecule has 1 heterocycles. The first-order valence-corrected chi connectivity index (χ1v) is 6.61. The summed E-state index contributed by atoms with van der Waals surface area (Å²) in [6.45, 7) is 1.98. The molecule has 1 aromatic carbocycles. The molecule has 4 heteroatoms. The number of ketones is 1. The van der Waals surface area contributed by atoms with Gasteiger partial charge in [-0.3, -0.25) is 4.79 Å². The summed E-state index contributed by atoms with van der Waals surface area (Å²) in [5, 5.41) is 3.92. The highest BCUT2D eigenvalue weighted by atomic mass is 35.5. The minimum absolute atomic E-state index is 0.254. The Hall–Kier alpha value is -1.06. The monoisotopic (exact) mass is 267 g/mol. The molecule has 1 saturated heterocycles. The van der Waals surface area contributed by atoms with Gasteiger partial charge in [-0.2, -0.15) is 0 Å². The van der Waals surface area contributed by atoms with E-state index >= 15 is 0 Å². The first-order valence-electron chi connectivity index (χ1n) is 6.24. The van der Waals surface area contributed by atoms with Crippen LogP contribution < -0.4 is 10.1 Å². The number of ether oxygens (including phenoxy) is 1. The smallest absolute Gasteiger partial charge is 0.137 e. The number of hydrogen-bond acceptors (Lipinski definition) is 3. The van der Waals surface area contributed by atoms with Crippen LogP contribution in [0.15, 0.2) is 18.2 Å². The van der Waals surface area contributed by atoms with Gasteiger partial charge >= 0.3 is 0 Å². The van der Waals surface area contributed by atoms with Crippen LogP contribution in [-0.2, 0) is 11.2 Å². The van der Waals surface area contributed by atoms with Crippen molar-refractivity contribution in [3.05, 3.63) is 28.8 Å². The Labute approximate surface area is 112 Å². The number of hydrogen-bond donors (Lipinski definition) is 1. The predicted octanol–water partition coefficient (Wildman–Crippen LogP) is 2.46. The van der Waals surface area contributed by atoms with Gasteiger partial charge in [-0.25, -0.2) is 0 Å². The van der Waals surface area contributed by atoms with E-state index < -0.39 is 0 Å². The number of methoxy groups -OCH3 is 1. The second kappa shape index (κ2) is 6.21. The summed E-state index contributed by atoms with van der Waals surface area (Å²) in [6, 6.07) is 5.39. The summed E-state index contributed by atoms with van der Waals surface area (Å²) in [4.78, 5) is 12.0. The van der Waals surface area contributed by atoms with E-state index in [0.717, 1.165) is 30.8 Å². The van der Waals surface area contributed by atoms with E-state index in [9.17, 15) is 4.79 Å². The quantitative estimate of drug-likeness (QED) is 0.891. The standard InChI is InChI=1S/C14H18ClNO2/c1-18-14-3-2-12(15)7-11(14)8-13(17)6-10-4-5-16-9-10/h2-3,7,10,16H,4-6,8-9H2,1H3. The maximum absolute atomic E-state index is 12.0. The van der Waals surface area contributed by atoms with Crippen LogP contribution in [0.3, 0.4) is 0 Å². The first-order chi connectivity index (χ1) is 8.69. The molecule has 1 aromatic rings. The maximum Gasteiger partial charge on any atom is 0.137 e. The van der Waals surface area contributed by atoms with Crippen molar-refractivity contribution in [2.45, 2.75) is 19.3 Å². The van der Waals surface area contributed by atoms with Crippen LogP contribution >= 0.6 is 11.6 Å². The number of rotatable bonds is 5. The molecule has 0 radical (unpaired) electrons. The Balaban J connectivity index is 1.99. The highest BCUT2D eigenvalue weighted by molar-refractivity contribution is 6.30. The molecule has 0 aromatic heterocycles. The Morgan fingerprint density at radius 2 is 2.39 bits per heavy atom. The van der Waals surface area contributed by atoms with Gasteiger partial charge in [0.15, 0.2) is 0 Å². The molecule has 0 saturated carbocycles. The summed E-state index contributed by atoms with van der Waals surface area (Å²) in [5.74, 6) is 1.48. The van der Waals surface area contributed by atoms with Crippen molar-refractivity contribution in [2.75, 3.05) is 20.2 Å². The molecule has 0 spiro atoms. The topological polar surface area (TPSA) is 38.3 Å². The van der Waals surface area contributed by atoms with Crippen LogP contribution in [0.5, 0.6) is 5.75 Å². The minimum Gasteiger partial charge on any atom is -0.496 e. The zero-order valence-corrected chi connectivity index (χ0v) is 11.3. The normalized spacial score (nSPS) is 18.9. The van der Waals surface area contributed by atoms with Crippen LogP contribution in [-0.4, -0.2) is 26.0 Å². The SMILES string of the molecule is COc1ccc(Cl)cc1CC(=O)CC1CCNC1. The number of nitrogens with one attached hydrogen (secondary N) is 1. The third-order valence-electron chi connectivity index (χ3n) is 3.31. The fourth-order valence-electron chi connectivity index (χ4n) is 2.38. The van der Waals surface area contributed by atoms with E-state index in [-0.39, 0.29) is 5.78 Å². The van der Waals surface area contributed by atoms with Crippen LogP contribution in [0, 0.1) is 5.92 Å². The number of benzene rings is 1. The van der Waals surface area contributed by atoms with Gasteiger partial charge in [0.2, 0.25) is 0 Å². The molecule has 18 heavy (non-hydrogen) atoms. The molecule has 98 valence electrons. The summed E-state index contributed by atoms with van der Waals surface area (Å²) in [6.07, 6.45) is 2.14. The molecular weight excluding hydrogens is 250 g/mol. The Kier molecular flexibility index (Phi) is 4.61. The van der Waals surface area contributed by atoms with Gasteiger partial charge in [0, 0.05) is 23.4 Å². The molecule has 1 atom stereocenters. The number of carbonyl (C=O) groups excluding carboxylic acids is 1. The second-order valence-electron chi connectivity index (χ2n) is 4.73. The summed E-state index contributed by atoms with van der Waals surface area (Å²) >= 11 is 5.95. The van der Waals surface area contributed by atoms with E-state index in [1.54, 1.807) is 13.2 Å². The molecule has 1 unspecified atom stereocenters. The highest BCUT2D eigenvalue weighted by Crippen LogP contribution is 2.24. The third-order valence-corrected chi connectivity index (χ3v) is 3.54. The van der Waals surface area contributed by atoms with Gasteiger partial charge in [-0.15, -0.1) is 0 Å². The lowest BCUT2D eigenvalue weighted by Crippen LogP contribution is -2.14. The molecule has 1 aliphatic heterocycles. The van der Waals surface area contributed by atoms with E-state index in [4.69, 9.17) is 16.3 Å². The Morgan fingerprint density at radius 3 is 3.06 bits per heavy atom. The Bertz CT molecular complexity index is 428. The predicted molar refractivity (Wildman–Crippen MR) is 72.3 cm³/mol. The number of halogens is 1. The fraction of sp³-hybridized carbons (Fsp3) is 0.500. The van der Waals surface area contributed by atoms with Gasteiger partial charge in [0.1, 0.15) is 11.5 Å². The zero-order valence-electron chi connectivity index (χ0n) is 10.5. The summed E-state index contributed by atoms with van der Waals surface area (Å²) in [5.41, 5.74) is 0.876. The van der Waals surface area contributed by atoms with Crippen LogP contribution in [0.25, 0.3) is 0 Å². The lowest BCUT2D eigenvalue weighted by Gasteiger charge is -2.10. The molecule has 3 nitrogen and oxygen atoms in total. The van der Waals surface area contributed by atoms with Gasteiger partial charge in [0.25, 0.3) is 0 Å². The van der Waals surface area contributed by atoms with Gasteiger partial charge in [-0.05, 0) is 43.6 Å². The molecule has 0 amide bonds. The first kappa shape index (κ1) is 13.4. The zero-order chi connectivity index (χ0) is 13.0. The van der Waals surface area contributed by atoms with Crippen LogP contribution in [0.1, 0.15) is 18.4 Å².